The molecule has 5 rings (SSSR count). The fourth-order valence-electron chi connectivity index (χ4n) is 5.80. The number of unbranched alkanes of at least 4 members (excludes halogenated alkanes) is 3. The van der Waals surface area contributed by atoms with Crippen LogP contribution in [0.1, 0.15) is 64.2 Å². The molecule has 286 valence electrons. The lowest BCUT2D eigenvalue weighted by Crippen LogP contribution is -2.31. The Hall–Kier alpha value is -5.26. The number of hydrogen-bond donors (Lipinski definition) is 2. The number of aryl methyl sites for hydroxylation is 1. The van der Waals surface area contributed by atoms with E-state index >= 15 is 0 Å². The van der Waals surface area contributed by atoms with Gasteiger partial charge in [-0.3, -0.25) is 9.59 Å². The smallest absolute Gasteiger partial charge is 0.335 e. The van der Waals surface area contributed by atoms with E-state index in [0.29, 0.717) is 43.3 Å². The third-order valence-corrected chi connectivity index (χ3v) is 10.8. The molecule has 0 spiro atoms. The first-order chi connectivity index (χ1) is 26.7. The Bertz CT molecular complexity index is 2030. The number of benzene rings is 4. The molecular weight excluding hydrogens is 733 g/mol. The number of aromatic carboxylic acids is 1. The van der Waals surface area contributed by atoms with Gasteiger partial charge in [-0.15, -0.1) is 11.8 Å². The highest BCUT2D eigenvalue weighted by molar-refractivity contribution is 8.13. The standard InChI is InChI=1S/C44H46N2O7S2/c1-30(33-13-15-35(16-14-33)44(49)50)36-9-8-10-39(28-36)54-26-7-5-4-6-24-51-38-21-17-34(18-22-38)43-46-40(31(2)53-43)23-25-52-37-19-11-32(12-20-37)27-41(55-29-47)42(48)45-3/h8-22,28-29,41H,1,4-7,23-27H2,2-3H3,(H,45,48)(H,49,50). The Morgan fingerprint density at radius 2 is 1.55 bits per heavy atom. The van der Waals surface area contributed by atoms with Crippen LogP contribution in [0.4, 0.5) is 0 Å². The number of nitrogens with one attached hydrogen (secondary N) is 1. The number of amides is 1. The second-order valence-electron chi connectivity index (χ2n) is 12.8. The van der Waals surface area contributed by atoms with Gasteiger partial charge in [-0.1, -0.05) is 67.6 Å². The topological polar surface area (TPSA) is 128 Å². The monoisotopic (exact) mass is 778 g/mol. The third-order valence-electron chi connectivity index (χ3n) is 8.94. The van der Waals surface area contributed by atoms with Gasteiger partial charge in [0.05, 0.1) is 29.7 Å². The average molecular weight is 779 g/mol. The van der Waals surface area contributed by atoms with Crippen LogP contribution in [0.5, 0.6) is 11.5 Å². The number of thioether (sulfide) groups is 2. The van der Waals surface area contributed by atoms with Crippen LogP contribution in [0.3, 0.4) is 0 Å². The van der Waals surface area contributed by atoms with Gasteiger partial charge in [-0.25, -0.2) is 9.78 Å². The molecule has 5 aromatic rings. The molecule has 9 nitrogen and oxygen atoms in total. The van der Waals surface area contributed by atoms with Crippen molar-refractivity contribution in [3.05, 3.63) is 137 Å². The second-order valence-corrected chi connectivity index (χ2v) is 15.0. The maximum atomic E-state index is 12.0. The van der Waals surface area contributed by atoms with Crippen molar-refractivity contribution in [3.8, 4) is 23.0 Å². The largest absolute Gasteiger partial charge is 0.494 e. The first kappa shape index (κ1) is 40.9. The maximum absolute atomic E-state index is 12.0. The Labute approximate surface area is 330 Å². The van der Waals surface area contributed by atoms with E-state index in [-0.39, 0.29) is 11.5 Å². The normalized spacial score (nSPS) is 11.5. The van der Waals surface area contributed by atoms with E-state index in [1.165, 1.54) is 4.90 Å². The van der Waals surface area contributed by atoms with E-state index in [9.17, 15) is 14.4 Å². The van der Waals surface area contributed by atoms with Crippen LogP contribution in [0, 0.1) is 6.92 Å². The number of carboxylic acid groups (broad SMARTS) is 1. The van der Waals surface area contributed by atoms with Crippen LogP contribution in [-0.2, 0) is 22.4 Å². The van der Waals surface area contributed by atoms with Gasteiger partial charge in [0.1, 0.15) is 17.3 Å². The molecule has 1 heterocycles. The van der Waals surface area contributed by atoms with E-state index in [2.05, 4.69) is 24.0 Å². The van der Waals surface area contributed by atoms with Crippen molar-refractivity contribution in [1.29, 1.82) is 0 Å². The molecular formula is C44H46N2O7S2. The number of carbonyl (C=O) groups excluding carboxylic acids is 2. The summed E-state index contributed by atoms with van der Waals surface area (Å²) in [7, 11) is 1.56. The van der Waals surface area contributed by atoms with Gasteiger partial charge < -0.3 is 24.3 Å². The van der Waals surface area contributed by atoms with Gasteiger partial charge >= 0.3 is 5.97 Å². The van der Waals surface area contributed by atoms with Crippen LogP contribution in [0.25, 0.3) is 17.0 Å². The summed E-state index contributed by atoms with van der Waals surface area (Å²) in [6, 6.07) is 30.5. The zero-order chi connectivity index (χ0) is 39.0. The second kappa shape index (κ2) is 21.0. The molecule has 2 N–H and O–H groups in total. The molecule has 0 saturated heterocycles. The highest BCUT2D eigenvalue weighted by atomic mass is 32.2. The first-order valence-corrected chi connectivity index (χ1v) is 20.1. The average Bonchev–Trinajstić information content (AvgIpc) is 3.58. The van der Waals surface area contributed by atoms with Gasteiger partial charge in [0.15, 0.2) is 5.62 Å². The van der Waals surface area contributed by atoms with Gasteiger partial charge in [0.25, 0.3) is 0 Å². The Morgan fingerprint density at radius 3 is 2.24 bits per heavy atom. The summed E-state index contributed by atoms with van der Waals surface area (Å²) >= 11 is 2.81. The van der Waals surface area contributed by atoms with Crippen molar-refractivity contribution in [1.82, 2.24) is 10.3 Å². The molecule has 0 aliphatic carbocycles. The molecule has 55 heavy (non-hydrogen) atoms. The zero-order valence-electron chi connectivity index (χ0n) is 31.1. The van der Waals surface area contributed by atoms with E-state index in [1.807, 2.05) is 79.3 Å². The molecule has 1 aromatic heterocycles. The lowest BCUT2D eigenvalue weighted by molar-refractivity contribution is -0.120. The molecule has 4 aromatic carbocycles. The zero-order valence-corrected chi connectivity index (χ0v) is 32.8. The van der Waals surface area contributed by atoms with Crippen molar-refractivity contribution in [3.63, 3.8) is 0 Å². The van der Waals surface area contributed by atoms with E-state index in [4.69, 9.17) is 24.0 Å². The Kier molecular flexibility index (Phi) is 15.6. The van der Waals surface area contributed by atoms with Crippen molar-refractivity contribution in [2.45, 2.75) is 55.6 Å². The van der Waals surface area contributed by atoms with Crippen molar-refractivity contribution < 1.29 is 33.4 Å². The van der Waals surface area contributed by atoms with Gasteiger partial charge in [-0.05, 0) is 115 Å². The summed E-state index contributed by atoms with van der Waals surface area (Å²) in [4.78, 5) is 40.0. The van der Waals surface area contributed by atoms with Gasteiger partial charge in [-0.2, -0.15) is 0 Å². The molecule has 0 fully saturated rings. The summed E-state index contributed by atoms with van der Waals surface area (Å²) < 4.78 is 17.9. The number of hydrogen-bond acceptors (Lipinski definition) is 9. The maximum Gasteiger partial charge on any atom is 0.335 e. The predicted molar refractivity (Wildman–Crippen MR) is 221 cm³/mol. The number of carbonyl (C=O) groups is 3. The van der Waals surface area contributed by atoms with Crippen LogP contribution in [-0.4, -0.2) is 58.8 Å². The molecule has 1 unspecified atom stereocenters. The summed E-state index contributed by atoms with van der Waals surface area (Å²) in [5.41, 5.74) is 6.44. The minimum atomic E-state index is -0.936. The summed E-state index contributed by atoms with van der Waals surface area (Å²) in [5.74, 6) is 2.75. The fraction of sp³-hybridized carbons (Fsp3) is 0.273. The molecule has 0 aliphatic heterocycles. The Morgan fingerprint density at radius 1 is 0.873 bits per heavy atom. The summed E-state index contributed by atoms with van der Waals surface area (Å²) in [6.07, 6.45) is 5.36. The molecule has 0 aliphatic rings. The lowest BCUT2D eigenvalue weighted by Gasteiger charge is -2.12. The van der Waals surface area contributed by atoms with E-state index in [1.54, 1.807) is 31.3 Å². The number of carboxylic acids is 1. The molecule has 1 amide bonds. The number of ether oxygens (including phenoxy) is 2. The van der Waals surface area contributed by atoms with Crippen LogP contribution < -0.4 is 14.8 Å². The molecule has 1 atom stereocenters. The van der Waals surface area contributed by atoms with Gasteiger partial charge in [0, 0.05) is 23.9 Å². The molecule has 0 bridgehead atoms. The lowest BCUT2D eigenvalue weighted by atomic mass is 9.99. The van der Waals surface area contributed by atoms with Gasteiger partial charge in [0.2, 0.25) is 11.8 Å². The van der Waals surface area contributed by atoms with Crippen LogP contribution >= 0.6 is 23.5 Å². The van der Waals surface area contributed by atoms with E-state index < -0.39 is 11.2 Å². The van der Waals surface area contributed by atoms with E-state index in [0.717, 1.165) is 88.2 Å². The summed E-state index contributed by atoms with van der Waals surface area (Å²) in [6.45, 7) is 7.22. The molecule has 0 saturated carbocycles. The number of aromatic nitrogens is 1. The highest BCUT2D eigenvalue weighted by Crippen LogP contribution is 2.28. The Balaban J connectivity index is 0.969. The fourth-order valence-corrected chi connectivity index (χ4v) is 7.43. The van der Waals surface area contributed by atoms with Crippen LogP contribution in [0.15, 0.2) is 113 Å². The SMILES string of the molecule is C=C(c1ccc(C(=O)O)cc1)c1cccc(SCCCCCCOc2ccc(-c3nc(CCOc4ccc(CC(SC=O)C(=O)NC)cc4)c(C)o3)cc2)c1. The van der Waals surface area contributed by atoms with Crippen molar-refractivity contribution >= 4 is 46.6 Å². The van der Waals surface area contributed by atoms with Crippen molar-refractivity contribution in [2.75, 3.05) is 26.0 Å². The predicted octanol–water partition coefficient (Wildman–Crippen LogP) is 9.34. The third kappa shape index (κ3) is 12.4. The van der Waals surface area contributed by atoms with Crippen molar-refractivity contribution in [2.24, 2.45) is 0 Å². The number of nitrogens with zero attached hydrogens (tertiary/aromatic N) is 1. The summed E-state index contributed by atoms with van der Waals surface area (Å²) in [5, 5.41) is 11.3. The first-order valence-electron chi connectivity index (χ1n) is 18.2. The molecule has 11 heteroatoms. The molecule has 0 radical (unpaired) electrons. The van der Waals surface area contributed by atoms with Crippen LogP contribution in [0.2, 0.25) is 0 Å². The minimum absolute atomic E-state index is 0.177. The number of rotatable bonds is 22. The minimum Gasteiger partial charge on any atom is -0.494 e. The highest BCUT2D eigenvalue weighted by Gasteiger charge is 2.18. The number of oxazole rings is 1. The quantitative estimate of drug-likeness (QED) is 0.0399.